The van der Waals surface area contributed by atoms with Gasteiger partial charge in [0.2, 0.25) is 5.91 Å². The largest absolute Gasteiger partial charge is 0.389 e. The fourth-order valence-corrected chi connectivity index (χ4v) is 2.19. The number of carbonyl (C=O) groups is 1. The van der Waals surface area contributed by atoms with Crippen LogP contribution in [-0.2, 0) is 4.79 Å². The van der Waals surface area contributed by atoms with Gasteiger partial charge in [-0.2, -0.15) is 0 Å². The zero-order valence-corrected chi connectivity index (χ0v) is 13.5. The van der Waals surface area contributed by atoms with Crippen molar-refractivity contribution in [3.05, 3.63) is 34.3 Å². The summed E-state index contributed by atoms with van der Waals surface area (Å²) >= 11 is 3.39. The van der Waals surface area contributed by atoms with E-state index in [4.69, 9.17) is 0 Å². The predicted octanol–water partition coefficient (Wildman–Crippen LogP) is 3.08. The minimum atomic E-state index is -0.892. The van der Waals surface area contributed by atoms with Gasteiger partial charge in [-0.15, -0.1) is 0 Å². The SMILES string of the molecule is CC(C)C(C(=O)NCC(C)(C)O)c1ccc(Br)cc1. The second-order valence-electron chi connectivity index (χ2n) is 5.80. The summed E-state index contributed by atoms with van der Waals surface area (Å²) < 4.78 is 0.996. The minimum absolute atomic E-state index is 0.0422. The Balaban J connectivity index is 2.83. The van der Waals surface area contributed by atoms with Gasteiger partial charge in [-0.3, -0.25) is 4.79 Å². The maximum absolute atomic E-state index is 12.3. The van der Waals surface area contributed by atoms with E-state index in [1.807, 2.05) is 38.1 Å². The fraction of sp³-hybridized carbons (Fsp3) is 0.533. The van der Waals surface area contributed by atoms with Gasteiger partial charge in [0.05, 0.1) is 11.5 Å². The predicted molar refractivity (Wildman–Crippen MR) is 81.0 cm³/mol. The van der Waals surface area contributed by atoms with Gasteiger partial charge in [0.1, 0.15) is 0 Å². The number of halogens is 1. The van der Waals surface area contributed by atoms with Crippen LogP contribution < -0.4 is 5.32 Å². The lowest BCUT2D eigenvalue weighted by Gasteiger charge is -2.24. The molecule has 2 N–H and O–H groups in total. The first-order valence-electron chi connectivity index (χ1n) is 6.46. The van der Waals surface area contributed by atoms with E-state index in [0.29, 0.717) is 0 Å². The highest BCUT2D eigenvalue weighted by molar-refractivity contribution is 9.10. The van der Waals surface area contributed by atoms with Gasteiger partial charge >= 0.3 is 0 Å². The van der Waals surface area contributed by atoms with Crippen molar-refractivity contribution < 1.29 is 9.90 Å². The number of rotatable bonds is 5. The van der Waals surface area contributed by atoms with Gasteiger partial charge in [-0.25, -0.2) is 0 Å². The van der Waals surface area contributed by atoms with Crippen LogP contribution in [0.4, 0.5) is 0 Å². The molecule has 0 aliphatic heterocycles. The Hall–Kier alpha value is -0.870. The van der Waals surface area contributed by atoms with Crippen molar-refractivity contribution in [1.82, 2.24) is 5.32 Å². The third-order valence-electron chi connectivity index (χ3n) is 2.87. The Morgan fingerprint density at radius 1 is 1.32 bits per heavy atom. The van der Waals surface area contributed by atoms with Crippen LogP contribution in [0.25, 0.3) is 0 Å². The standard InChI is InChI=1S/C15H22BrNO2/c1-10(2)13(11-5-7-12(16)8-6-11)14(18)17-9-15(3,4)19/h5-8,10,13,19H,9H2,1-4H3,(H,17,18). The summed E-state index contributed by atoms with van der Waals surface area (Å²) in [6.07, 6.45) is 0. The molecule has 3 nitrogen and oxygen atoms in total. The molecule has 0 fully saturated rings. The van der Waals surface area contributed by atoms with Crippen molar-refractivity contribution in [3.8, 4) is 0 Å². The number of amides is 1. The molecule has 1 unspecified atom stereocenters. The van der Waals surface area contributed by atoms with E-state index in [9.17, 15) is 9.90 Å². The second kappa shape index (κ2) is 6.53. The van der Waals surface area contributed by atoms with E-state index < -0.39 is 5.60 Å². The quantitative estimate of drug-likeness (QED) is 0.873. The van der Waals surface area contributed by atoms with Crippen LogP contribution in [0.3, 0.4) is 0 Å². The highest BCUT2D eigenvalue weighted by Gasteiger charge is 2.25. The first kappa shape index (κ1) is 16.2. The third-order valence-corrected chi connectivity index (χ3v) is 3.40. The number of nitrogens with one attached hydrogen (secondary N) is 1. The molecule has 0 saturated carbocycles. The Kier molecular flexibility index (Phi) is 5.56. The number of hydrogen-bond donors (Lipinski definition) is 2. The van der Waals surface area contributed by atoms with E-state index in [1.165, 1.54) is 0 Å². The normalized spacial score (nSPS) is 13.4. The number of benzene rings is 1. The third kappa shape index (κ3) is 5.33. The van der Waals surface area contributed by atoms with Crippen LogP contribution in [0.15, 0.2) is 28.7 Å². The zero-order chi connectivity index (χ0) is 14.6. The minimum Gasteiger partial charge on any atom is -0.389 e. The molecule has 0 radical (unpaired) electrons. The summed E-state index contributed by atoms with van der Waals surface area (Å²) in [5.74, 6) is -0.0436. The van der Waals surface area contributed by atoms with Crippen molar-refractivity contribution in [2.75, 3.05) is 6.54 Å². The average Bonchev–Trinajstić information content (AvgIpc) is 2.28. The molecule has 0 aliphatic rings. The summed E-state index contributed by atoms with van der Waals surface area (Å²) in [5.41, 5.74) is 0.100. The van der Waals surface area contributed by atoms with Crippen molar-refractivity contribution in [2.45, 2.75) is 39.2 Å². The molecule has 0 aromatic heterocycles. The fourth-order valence-electron chi connectivity index (χ4n) is 1.92. The summed E-state index contributed by atoms with van der Waals surface area (Å²) in [6, 6.07) is 7.79. The number of carbonyl (C=O) groups excluding carboxylic acids is 1. The molecule has 1 atom stereocenters. The van der Waals surface area contributed by atoms with E-state index >= 15 is 0 Å². The van der Waals surface area contributed by atoms with Crippen molar-refractivity contribution >= 4 is 21.8 Å². The van der Waals surface area contributed by atoms with Crippen molar-refractivity contribution in [2.24, 2.45) is 5.92 Å². The smallest absolute Gasteiger partial charge is 0.227 e. The molecular weight excluding hydrogens is 306 g/mol. The molecule has 4 heteroatoms. The van der Waals surface area contributed by atoms with Gasteiger partial charge in [0.25, 0.3) is 0 Å². The van der Waals surface area contributed by atoms with Gasteiger partial charge in [0.15, 0.2) is 0 Å². The molecule has 1 aromatic rings. The van der Waals surface area contributed by atoms with Gasteiger partial charge in [0, 0.05) is 11.0 Å². The molecular formula is C15H22BrNO2. The van der Waals surface area contributed by atoms with Crippen LogP contribution in [0.1, 0.15) is 39.2 Å². The highest BCUT2D eigenvalue weighted by Crippen LogP contribution is 2.26. The molecule has 106 valence electrons. The topological polar surface area (TPSA) is 49.3 Å². The Bertz CT molecular complexity index is 421. The summed E-state index contributed by atoms with van der Waals surface area (Å²) in [6.45, 7) is 7.66. The average molecular weight is 328 g/mol. The Morgan fingerprint density at radius 2 is 1.84 bits per heavy atom. The van der Waals surface area contributed by atoms with Crippen LogP contribution in [0.2, 0.25) is 0 Å². The van der Waals surface area contributed by atoms with Crippen LogP contribution in [-0.4, -0.2) is 23.2 Å². The van der Waals surface area contributed by atoms with Crippen LogP contribution >= 0.6 is 15.9 Å². The molecule has 0 bridgehead atoms. The van der Waals surface area contributed by atoms with Crippen LogP contribution in [0.5, 0.6) is 0 Å². The van der Waals surface area contributed by atoms with E-state index in [-0.39, 0.29) is 24.3 Å². The lowest BCUT2D eigenvalue weighted by Crippen LogP contribution is -2.41. The van der Waals surface area contributed by atoms with E-state index in [0.717, 1.165) is 10.0 Å². The first-order valence-corrected chi connectivity index (χ1v) is 7.25. The van der Waals surface area contributed by atoms with Crippen molar-refractivity contribution in [1.29, 1.82) is 0 Å². The van der Waals surface area contributed by atoms with Gasteiger partial charge in [-0.05, 0) is 37.5 Å². The zero-order valence-electron chi connectivity index (χ0n) is 11.9. The molecule has 1 amide bonds. The first-order chi connectivity index (χ1) is 8.70. The van der Waals surface area contributed by atoms with Crippen molar-refractivity contribution in [3.63, 3.8) is 0 Å². The summed E-state index contributed by atoms with van der Waals surface area (Å²) in [4.78, 5) is 12.3. The molecule has 0 saturated heterocycles. The summed E-state index contributed by atoms with van der Waals surface area (Å²) in [5, 5.41) is 12.5. The molecule has 1 rings (SSSR count). The molecule has 0 heterocycles. The van der Waals surface area contributed by atoms with E-state index in [2.05, 4.69) is 21.2 Å². The highest BCUT2D eigenvalue weighted by atomic mass is 79.9. The molecule has 0 aliphatic carbocycles. The summed E-state index contributed by atoms with van der Waals surface area (Å²) in [7, 11) is 0. The monoisotopic (exact) mass is 327 g/mol. The molecule has 1 aromatic carbocycles. The number of hydrogen-bond acceptors (Lipinski definition) is 2. The maximum Gasteiger partial charge on any atom is 0.227 e. The lowest BCUT2D eigenvalue weighted by atomic mass is 9.87. The maximum atomic E-state index is 12.3. The molecule has 19 heavy (non-hydrogen) atoms. The lowest BCUT2D eigenvalue weighted by molar-refractivity contribution is -0.124. The molecule has 0 spiro atoms. The van der Waals surface area contributed by atoms with Gasteiger partial charge in [-0.1, -0.05) is 41.9 Å². The second-order valence-corrected chi connectivity index (χ2v) is 6.72. The number of aliphatic hydroxyl groups is 1. The van der Waals surface area contributed by atoms with E-state index in [1.54, 1.807) is 13.8 Å². The Labute approximate surface area is 123 Å². The Morgan fingerprint density at radius 3 is 2.26 bits per heavy atom. The van der Waals surface area contributed by atoms with Gasteiger partial charge < -0.3 is 10.4 Å². The van der Waals surface area contributed by atoms with Crippen LogP contribution in [0, 0.1) is 5.92 Å².